The summed E-state index contributed by atoms with van der Waals surface area (Å²) in [5.74, 6) is 0. The molecule has 10 aromatic carbocycles. The van der Waals surface area contributed by atoms with Crippen LogP contribution in [-0.4, -0.2) is 4.98 Å². The standard InChI is InChI=1S/C60H37NO2/c1-3-13-37(14-4-1)39-17-7-19-41(33-39)45-21-9-25-49-51-27-11-23-47(59(51)62-57(45)49)43-29-31-55-53(35-43)54-36-44(30-32-56(54)61-55)48-24-12-28-52-50-26-10-22-46(58(50)63-60(48)52)42-20-8-18-40(34-42)38-15-5-2-6-16-38/h1-36,61H. The van der Waals surface area contributed by atoms with E-state index in [2.05, 4.69) is 223 Å². The zero-order valence-electron chi connectivity index (χ0n) is 34.1. The zero-order chi connectivity index (χ0) is 41.4. The van der Waals surface area contributed by atoms with E-state index in [1.165, 1.54) is 22.3 Å². The van der Waals surface area contributed by atoms with Crippen LogP contribution in [-0.2, 0) is 0 Å². The van der Waals surface area contributed by atoms with Crippen molar-refractivity contribution in [1.29, 1.82) is 0 Å². The maximum Gasteiger partial charge on any atom is 0.143 e. The Balaban J connectivity index is 0.913. The average Bonchev–Trinajstić information content (AvgIpc) is 4.06. The normalized spacial score (nSPS) is 11.8. The molecule has 294 valence electrons. The quantitative estimate of drug-likeness (QED) is 0.182. The molecule has 1 N–H and O–H groups in total. The summed E-state index contributed by atoms with van der Waals surface area (Å²) in [6.45, 7) is 0. The Bertz CT molecular complexity index is 3650. The van der Waals surface area contributed by atoms with E-state index in [4.69, 9.17) is 8.83 Å². The highest BCUT2D eigenvalue weighted by molar-refractivity contribution is 6.16. The monoisotopic (exact) mass is 803 g/mol. The number of fused-ring (bicyclic) bond motifs is 9. The lowest BCUT2D eigenvalue weighted by Crippen LogP contribution is -1.82. The number of H-pyrrole nitrogens is 1. The van der Waals surface area contributed by atoms with Gasteiger partial charge < -0.3 is 13.8 Å². The van der Waals surface area contributed by atoms with Gasteiger partial charge in [0.2, 0.25) is 0 Å². The van der Waals surface area contributed by atoms with Crippen LogP contribution in [0.25, 0.3) is 132 Å². The van der Waals surface area contributed by atoms with Gasteiger partial charge in [-0.2, -0.15) is 0 Å². The lowest BCUT2D eigenvalue weighted by atomic mass is 9.96. The number of para-hydroxylation sites is 4. The Morgan fingerprint density at radius 1 is 0.222 bits per heavy atom. The third-order valence-corrected chi connectivity index (χ3v) is 12.8. The number of furan rings is 2. The van der Waals surface area contributed by atoms with Crippen molar-refractivity contribution in [3.05, 3.63) is 218 Å². The molecule has 3 heterocycles. The number of aromatic nitrogens is 1. The van der Waals surface area contributed by atoms with Gasteiger partial charge in [0.25, 0.3) is 0 Å². The summed E-state index contributed by atoms with van der Waals surface area (Å²) < 4.78 is 13.9. The Labute approximate surface area is 363 Å². The SMILES string of the molecule is c1ccc(-c2cccc(-c3cccc4c3oc3c(-c5ccc6[nH]c7ccc(-c8cccc9c8oc8c(-c%10cccc(-c%11ccccc%11)c%10)cccc89)cc7c6c5)cccc34)c2)cc1. The third kappa shape index (κ3) is 5.75. The van der Waals surface area contributed by atoms with E-state index in [-0.39, 0.29) is 0 Å². The molecular formula is C60H37NO2. The summed E-state index contributed by atoms with van der Waals surface area (Å²) >= 11 is 0. The van der Waals surface area contributed by atoms with Gasteiger partial charge in [0.15, 0.2) is 0 Å². The predicted molar refractivity (Wildman–Crippen MR) is 263 cm³/mol. The lowest BCUT2D eigenvalue weighted by Gasteiger charge is -2.07. The molecule has 3 aromatic heterocycles. The first kappa shape index (κ1) is 35.4. The number of nitrogens with one attached hydrogen (secondary N) is 1. The molecule has 0 aliphatic rings. The first-order valence-electron chi connectivity index (χ1n) is 21.5. The van der Waals surface area contributed by atoms with Gasteiger partial charge in [-0.05, 0) is 80.9 Å². The number of rotatable bonds is 6. The minimum Gasteiger partial charge on any atom is -0.455 e. The van der Waals surface area contributed by atoms with Crippen LogP contribution in [0.15, 0.2) is 227 Å². The Hall–Kier alpha value is -8.40. The largest absolute Gasteiger partial charge is 0.455 e. The van der Waals surface area contributed by atoms with Crippen molar-refractivity contribution in [2.24, 2.45) is 0 Å². The summed E-state index contributed by atoms with van der Waals surface area (Å²) in [7, 11) is 0. The molecule has 3 nitrogen and oxygen atoms in total. The van der Waals surface area contributed by atoms with E-state index < -0.39 is 0 Å². The van der Waals surface area contributed by atoms with Gasteiger partial charge in [0, 0.05) is 65.6 Å². The molecule has 3 heteroatoms. The lowest BCUT2D eigenvalue weighted by molar-refractivity contribution is 0.670. The fraction of sp³-hybridized carbons (Fsp3) is 0. The molecule has 0 aliphatic heterocycles. The van der Waals surface area contributed by atoms with Crippen LogP contribution >= 0.6 is 0 Å². The van der Waals surface area contributed by atoms with E-state index in [1.807, 2.05) is 0 Å². The molecule has 0 saturated heterocycles. The Morgan fingerprint density at radius 2 is 0.540 bits per heavy atom. The molecule has 0 aliphatic carbocycles. The highest BCUT2D eigenvalue weighted by Gasteiger charge is 2.19. The van der Waals surface area contributed by atoms with Gasteiger partial charge in [0.1, 0.15) is 22.3 Å². The fourth-order valence-corrected chi connectivity index (χ4v) is 9.78. The first-order valence-corrected chi connectivity index (χ1v) is 21.5. The minimum absolute atomic E-state index is 0.891. The molecule has 0 amide bonds. The average molecular weight is 804 g/mol. The van der Waals surface area contributed by atoms with Gasteiger partial charge in [-0.25, -0.2) is 0 Å². The van der Waals surface area contributed by atoms with Crippen molar-refractivity contribution in [2.75, 3.05) is 0 Å². The second-order valence-electron chi connectivity index (χ2n) is 16.5. The smallest absolute Gasteiger partial charge is 0.143 e. The molecule has 0 bridgehead atoms. The molecule has 0 fully saturated rings. The molecule has 13 rings (SSSR count). The second-order valence-corrected chi connectivity index (χ2v) is 16.5. The molecule has 0 radical (unpaired) electrons. The van der Waals surface area contributed by atoms with Crippen molar-refractivity contribution >= 4 is 65.7 Å². The van der Waals surface area contributed by atoms with Crippen molar-refractivity contribution in [1.82, 2.24) is 4.98 Å². The van der Waals surface area contributed by atoms with Crippen LogP contribution in [0.4, 0.5) is 0 Å². The summed E-state index contributed by atoms with van der Waals surface area (Å²) in [6.07, 6.45) is 0. The summed E-state index contributed by atoms with van der Waals surface area (Å²) in [5.41, 5.74) is 19.3. The highest BCUT2D eigenvalue weighted by Crippen LogP contribution is 2.44. The van der Waals surface area contributed by atoms with Crippen molar-refractivity contribution in [3.8, 4) is 66.8 Å². The van der Waals surface area contributed by atoms with Crippen molar-refractivity contribution in [2.45, 2.75) is 0 Å². The van der Waals surface area contributed by atoms with Crippen LogP contribution < -0.4 is 0 Å². The number of hydrogen-bond acceptors (Lipinski definition) is 2. The molecule has 0 saturated carbocycles. The topological polar surface area (TPSA) is 42.1 Å². The third-order valence-electron chi connectivity index (χ3n) is 12.8. The van der Waals surface area contributed by atoms with Crippen LogP contribution in [0.3, 0.4) is 0 Å². The molecule has 0 atom stereocenters. The highest BCUT2D eigenvalue weighted by atomic mass is 16.3. The van der Waals surface area contributed by atoms with Crippen LogP contribution in [0, 0.1) is 0 Å². The molecule has 0 unspecified atom stereocenters. The van der Waals surface area contributed by atoms with Gasteiger partial charge in [0.05, 0.1) is 0 Å². The van der Waals surface area contributed by atoms with Crippen molar-refractivity contribution in [3.63, 3.8) is 0 Å². The minimum atomic E-state index is 0.891. The second kappa shape index (κ2) is 14.1. The maximum absolute atomic E-state index is 6.94. The van der Waals surface area contributed by atoms with Gasteiger partial charge in [-0.1, -0.05) is 182 Å². The molecular weight excluding hydrogens is 767 g/mol. The number of aromatic amines is 1. The summed E-state index contributed by atoms with van der Waals surface area (Å²) in [6, 6.07) is 77.9. The summed E-state index contributed by atoms with van der Waals surface area (Å²) in [5, 5.41) is 6.76. The van der Waals surface area contributed by atoms with E-state index in [0.29, 0.717) is 0 Å². The Kier molecular flexibility index (Phi) is 7.91. The van der Waals surface area contributed by atoms with Crippen LogP contribution in [0.5, 0.6) is 0 Å². The van der Waals surface area contributed by atoms with Crippen LogP contribution in [0.1, 0.15) is 0 Å². The molecule has 63 heavy (non-hydrogen) atoms. The first-order chi connectivity index (χ1) is 31.2. The van der Waals surface area contributed by atoms with Gasteiger partial charge in [-0.15, -0.1) is 0 Å². The molecule has 0 spiro atoms. The van der Waals surface area contributed by atoms with E-state index in [9.17, 15) is 0 Å². The predicted octanol–water partition coefficient (Wildman–Crippen LogP) is 17.1. The van der Waals surface area contributed by atoms with Crippen molar-refractivity contribution < 1.29 is 8.83 Å². The van der Waals surface area contributed by atoms with E-state index >= 15 is 0 Å². The van der Waals surface area contributed by atoms with Crippen LogP contribution in [0.2, 0.25) is 0 Å². The maximum atomic E-state index is 6.94. The Morgan fingerprint density at radius 3 is 0.921 bits per heavy atom. The number of hydrogen-bond donors (Lipinski definition) is 1. The fourth-order valence-electron chi connectivity index (χ4n) is 9.78. The van der Waals surface area contributed by atoms with Gasteiger partial charge >= 0.3 is 0 Å². The van der Waals surface area contributed by atoms with Gasteiger partial charge in [-0.3, -0.25) is 0 Å². The zero-order valence-corrected chi connectivity index (χ0v) is 34.1. The molecule has 13 aromatic rings. The summed E-state index contributed by atoms with van der Waals surface area (Å²) in [4.78, 5) is 3.69. The van der Waals surface area contributed by atoms with E-state index in [1.54, 1.807) is 0 Å². The van der Waals surface area contributed by atoms with E-state index in [0.717, 1.165) is 110 Å². The number of benzene rings is 10.